The number of fused-ring (bicyclic) bond motifs is 1. The van der Waals surface area contributed by atoms with Crippen molar-refractivity contribution in [3.05, 3.63) is 35.0 Å². The van der Waals surface area contributed by atoms with Crippen molar-refractivity contribution in [3.63, 3.8) is 0 Å². The van der Waals surface area contributed by atoms with Crippen molar-refractivity contribution in [1.82, 2.24) is 4.98 Å². The number of hydrogen-bond acceptors (Lipinski definition) is 4. The van der Waals surface area contributed by atoms with E-state index < -0.39 is 0 Å². The number of hydrogen-bond donors (Lipinski definition) is 2. The Morgan fingerprint density at radius 2 is 2.05 bits per heavy atom. The summed E-state index contributed by atoms with van der Waals surface area (Å²) >= 11 is 1.46. The van der Waals surface area contributed by atoms with Crippen molar-refractivity contribution in [2.75, 3.05) is 19.6 Å². The summed E-state index contributed by atoms with van der Waals surface area (Å²) in [5.41, 5.74) is 1.21. The van der Waals surface area contributed by atoms with E-state index in [2.05, 4.69) is 11.1 Å². The van der Waals surface area contributed by atoms with Gasteiger partial charge in [0.1, 0.15) is 23.2 Å². The van der Waals surface area contributed by atoms with Crippen molar-refractivity contribution in [2.45, 2.75) is 19.3 Å². The summed E-state index contributed by atoms with van der Waals surface area (Å²) in [6, 6.07) is 9.93. The summed E-state index contributed by atoms with van der Waals surface area (Å²) in [7, 11) is 0. The van der Waals surface area contributed by atoms with Gasteiger partial charge >= 0.3 is 0 Å². The van der Waals surface area contributed by atoms with Gasteiger partial charge in [-0.1, -0.05) is 12.1 Å². The lowest BCUT2D eigenvalue weighted by molar-refractivity contribution is -0.901. The summed E-state index contributed by atoms with van der Waals surface area (Å²) in [5.74, 6) is 0.174. The van der Waals surface area contributed by atoms with E-state index >= 15 is 0 Å². The van der Waals surface area contributed by atoms with E-state index in [0.29, 0.717) is 17.1 Å². The molecule has 0 unspecified atom stereocenters. The zero-order valence-electron chi connectivity index (χ0n) is 11.8. The lowest BCUT2D eigenvalue weighted by Gasteiger charge is -2.23. The Balaban J connectivity index is 1.88. The quantitative estimate of drug-likeness (QED) is 0.674. The van der Waals surface area contributed by atoms with Crippen LogP contribution in [0.15, 0.2) is 30.0 Å². The van der Waals surface area contributed by atoms with Gasteiger partial charge in [0.05, 0.1) is 23.3 Å². The van der Waals surface area contributed by atoms with Gasteiger partial charge in [-0.05, 0) is 31.4 Å². The smallest absolute Gasteiger partial charge is 0.168 e. The third-order valence-corrected chi connectivity index (χ3v) is 4.94. The van der Waals surface area contributed by atoms with Crippen LogP contribution >= 0.6 is 11.3 Å². The number of aromatic nitrogens is 1. The van der Waals surface area contributed by atoms with E-state index in [0.717, 1.165) is 23.3 Å². The Morgan fingerprint density at radius 1 is 1.29 bits per heavy atom. The van der Waals surface area contributed by atoms with Crippen LogP contribution in [0.3, 0.4) is 0 Å². The number of para-hydroxylation sites is 1. The predicted octanol–water partition coefficient (Wildman–Crippen LogP) is 2.16. The van der Waals surface area contributed by atoms with Crippen molar-refractivity contribution < 1.29 is 10.0 Å². The minimum absolute atomic E-state index is 0.174. The van der Waals surface area contributed by atoms with E-state index in [1.165, 1.54) is 35.5 Å². The Kier molecular flexibility index (Phi) is 4.18. The van der Waals surface area contributed by atoms with Crippen LogP contribution in [-0.2, 0) is 0 Å². The second-order valence-electron chi connectivity index (χ2n) is 5.41. The lowest BCUT2D eigenvalue weighted by atomic mass is 10.1. The number of piperidine rings is 1. The summed E-state index contributed by atoms with van der Waals surface area (Å²) in [5, 5.41) is 20.4. The van der Waals surface area contributed by atoms with Gasteiger partial charge in [0.15, 0.2) is 5.76 Å². The third kappa shape index (κ3) is 3.07. The highest BCUT2D eigenvalue weighted by atomic mass is 32.1. The molecule has 0 saturated carbocycles. The zero-order valence-corrected chi connectivity index (χ0v) is 12.6. The Bertz CT molecular complexity index is 675. The number of aliphatic hydroxyl groups is 1. The van der Waals surface area contributed by atoms with Crippen LogP contribution in [-0.4, -0.2) is 29.7 Å². The molecule has 2 N–H and O–H groups in total. The second kappa shape index (κ2) is 6.25. The first-order valence-electron chi connectivity index (χ1n) is 7.29. The van der Waals surface area contributed by atoms with Gasteiger partial charge in [0.25, 0.3) is 0 Å². The number of thiazole rings is 1. The second-order valence-corrected chi connectivity index (χ2v) is 6.44. The Labute approximate surface area is 128 Å². The molecule has 4 nitrogen and oxygen atoms in total. The molecule has 0 radical (unpaired) electrons. The van der Waals surface area contributed by atoms with Crippen LogP contribution < -0.4 is 4.90 Å². The van der Waals surface area contributed by atoms with Gasteiger partial charge in [-0.3, -0.25) is 0 Å². The number of likely N-dealkylation sites (tertiary alicyclic amines) is 1. The standard InChI is InChI=1S/C16H17N3OS/c17-10-12(14(20)11-19-8-4-1-5-9-19)16-18-13-6-2-3-7-15(13)21-16/h2-3,6-7,20H,1,4-5,8-9,11H2/p+1. The predicted molar refractivity (Wildman–Crippen MR) is 84.2 cm³/mol. The minimum atomic E-state index is 0.174. The molecule has 1 aromatic carbocycles. The molecule has 1 fully saturated rings. The van der Waals surface area contributed by atoms with Crippen molar-refractivity contribution in [3.8, 4) is 6.07 Å². The first-order chi connectivity index (χ1) is 10.3. The number of aliphatic hydroxyl groups excluding tert-OH is 1. The molecule has 21 heavy (non-hydrogen) atoms. The Hall–Kier alpha value is -1.90. The van der Waals surface area contributed by atoms with Crippen LogP contribution in [0, 0.1) is 11.3 Å². The van der Waals surface area contributed by atoms with Crippen LogP contribution in [0.25, 0.3) is 15.8 Å². The maximum atomic E-state index is 10.3. The average molecular weight is 300 g/mol. The third-order valence-electron chi connectivity index (χ3n) is 3.89. The van der Waals surface area contributed by atoms with Crippen LogP contribution in [0.5, 0.6) is 0 Å². The number of nitriles is 1. The summed E-state index contributed by atoms with van der Waals surface area (Å²) in [4.78, 5) is 5.82. The number of rotatable bonds is 3. The largest absolute Gasteiger partial charge is 0.506 e. The molecule has 1 aromatic heterocycles. The molecule has 3 rings (SSSR count). The van der Waals surface area contributed by atoms with Crippen LogP contribution in [0.1, 0.15) is 24.3 Å². The van der Waals surface area contributed by atoms with Gasteiger partial charge < -0.3 is 10.0 Å². The highest BCUT2D eigenvalue weighted by molar-refractivity contribution is 7.19. The monoisotopic (exact) mass is 300 g/mol. The molecule has 0 atom stereocenters. The summed E-state index contributed by atoms with van der Waals surface area (Å²) in [6.45, 7) is 2.67. The molecule has 0 spiro atoms. The molecule has 5 heteroatoms. The number of quaternary nitrogens is 1. The van der Waals surface area contributed by atoms with Crippen molar-refractivity contribution in [1.29, 1.82) is 5.26 Å². The van der Waals surface area contributed by atoms with E-state index in [9.17, 15) is 10.4 Å². The first-order valence-corrected chi connectivity index (χ1v) is 8.11. The number of nitrogens with zero attached hydrogens (tertiary/aromatic N) is 2. The lowest BCUT2D eigenvalue weighted by Crippen LogP contribution is -3.13. The molecule has 1 aliphatic rings. The fraction of sp³-hybridized carbons (Fsp3) is 0.375. The average Bonchev–Trinajstić information content (AvgIpc) is 2.92. The number of benzene rings is 1. The van der Waals surface area contributed by atoms with Crippen molar-refractivity contribution in [2.24, 2.45) is 0 Å². The highest BCUT2D eigenvalue weighted by Crippen LogP contribution is 2.27. The molecule has 1 aliphatic heterocycles. The van der Waals surface area contributed by atoms with E-state index in [-0.39, 0.29) is 5.76 Å². The molecule has 0 bridgehead atoms. The van der Waals surface area contributed by atoms with Gasteiger partial charge in [0, 0.05) is 0 Å². The maximum absolute atomic E-state index is 10.3. The number of nitrogens with one attached hydrogen (secondary N) is 1. The highest BCUT2D eigenvalue weighted by Gasteiger charge is 2.20. The molecule has 0 aliphatic carbocycles. The minimum Gasteiger partial charge on any atom is -0.506 e. The molecule has 0 amide bonds. The molecule has 2 heterocycles. The van der Waals surface area contributed by atoms with Crippen molar-refractivity contribution >= 4 is 27.1 Å². The fourth-order valence-electron chi connectivity index (χ4n) is 2.77. The normalized spacial score (nSPS) is 17.5. The van der Waals surface area contributed by atoms with Gasteiger partial charge in [-0.2, -0.15) is 5.26 Å². The van der Waals surface area contributed by atoms with E-state index in [4.69, 9.17) is 0 Å². The van der Waals surface area contributed by atoms with Crippen LogP contribution in [0.4, 0.5) is 0 Å². The molecule has 1 saturated heterocycles. The maximum Gasteiger partial charge on any atom is 0.168 e. The van der Waals surface area contributed by atoms with E-state index in [1.807, 2.05) is 24.3 Å². The molecule has 2 aromatic rings. The van der Waals surface area contributed by atoms with Crippen LogP contribution in [0.2, 0.25) is 0 Å². The van der Waals surface area contributed by atoms with Gasteiger partial charge in [-0.25, -0.2) is 4.98 Å². The fourth-order valence-corrected chi connectivity index (χ4v) is 3.75. The zero-order chi connectivity index (χ0) is 14.7. The summed E-state index contributed by atoms with van der Waals surface area (Å²) < 4.78 is 1.04. The van der Waals surface area contributed by atoms with Gasteiger partial charge in [0.2, 0.25) is 0 Å². The molecular formula is C16H18N3OS+. The Morgan fingerprint density at radius 3 is 2.76 bits per heavy atom. The molecular weight excluding hydrogens is 282 g/mol. The first kappa shape index (κ1) is 14.1. The molecule has 108 valence electrons. The topological polar surface area (TPSA) is 61.3 Å². The summed E-state index contributed by atoms with van der Waals surface area (Å²) in [6.07, 6.45) is 3.67. The SMILES string of the molecule is N#CC(=C(O)C[NH+]1CCCCC1)c1nc2ccccc2s1. The van der Waals surface area contributed by atoms with E-state index in [1.54, 1.807) is 0 Å². The number of allylic oxidation sites excluding steroid dienone is 1. The van der Waals surface area contributed by atoms with Gasteiger partial charge in [-0.15, -0.1) is 11.3 Å².